The van der Waals surface area contributed by atoms with Crippen molar-refractivity contribution in [3.63, 3.8) is 0 Å². The second-order valence-corrected chi connectivity index (χ2v) is 2.97. The SMILES string of the molecule is Cc1n[nH]c(C)c1C(=O)NCCC#N. The number of hydrogen-bond donors (Lipinski definition) is 2. The van der Waals surface area contributed by atoms with Crippen LogP contribution in [0.4, 0.5) is 0 Å². The van der Waals surface area contributed by atoms with Crippen molar-refractivity contribution in [2.45, 2.75) is 20.3 Å². The second kappa shape index (κ2) is 4.42. The summed E-state index contributed by atoms with van der Waals surface area (Å²) in [4.78, 5) is 11.5. The van der Waals surface area contributed by atoms with E-state index >= 15 is 0 Å². The van der Waals surface area contributed by atoms with Crippen molar-refractivity contribution in [3.8, 4) is 6.07 Å². The molecule has 0 saturated heterocycles. The van der Waals surface area contributed by atoms with Crippen molar-refractivity contribution < 1.29 is 4.79 Å². The third-order valence-corrected chi connectivity index (χ3v) is 1.88. The van der Waals surface area contributed by atoms with Crippen LogP contribution < -0.4 is 5.32 Å². The van der Waals surface area contributed by atoms with Crippen LogP contribution in [0.15, 0.2) is 0 Å². The number of hydrogen-bond acceptors (Lipinski definition) is 3. The molecule has 5 heteroatoms. The van der Waals surface area contributed by atoms with Gasteiger partial charge in [0.2, 0.25) is 0 Å². The Morgan fingerprint density at radius 3 is 2.86 bits per heavy atom. The van der Waals surface area contributed by atoms with E-state index in [9.17, 15) is 4.79 Å². The van der Waals surface area contributed by atoms with Gasteiger partial charge < -0.3 is 5.32 Å². The molecule has 0 atom stereocenters. The van der Waals surface area contributed by atoms with Crippen LogP contribution >= 0.6 is 0 Å². The van der Waals surface area contributed by atoms with E-state index in [0.717, 1.165) is 5.69 Å². The highest BCUT2D eigenvalue weighted by atomic mass is 16.1. The van der Waals surface area contributed by atoms with E-state index in [1.165, 1.54) is 0 Å². The second-order valence-electron chi connectivity index (χ2n) is 2.97. The summed E-state index contributed by atoms with van der Waals surface area (Å²) in [6.45, 7) is 3.93. The minimum atomic E-state index is -0.177. The number of rotatable bonds is 3. The van der Waals surface area contributed by atoms with Crippen molar-refractivity contribution >= 4 is 5.91 Å². The zero-order valence-electron chi connectivity index (χ0n) is 8.22. The fraction of sp³-hybridized carbons (Fsp3) is 0.444. The molecule has 5 nitrogen and oxygen atoms in total. The van der Waals surface area contributed by atoms with Gasteiger partial charge in [0.1, 0.15) is 0 Å². The van der Waals surface area contributed by atoms with Gasteiger partial charge in [-0.1, -0.05) is 0 Å². The molecule has 1 aromatic rings. The number of aromatic nitrogens is 2. The summed E-state index contributed by atoms with van der Waals surface area (Å²) < 4.78 is 0. The lowest BCUT2D eigenvalue weighted by atomic mass is 10.2. The van der Waals surface area contributed by atoms with Crippen molar-refractivity contribution in [3.05, 3.63) is 17.0 Å². The maximum absolute atomic E-state index is 11.5. The number of aromatic amines is 1. The first-order valence-electron chi connectivity index (χ1n) is 4.33. The largest absolute Gasteiger partial charge is 0.351 e. The molecule has 0 aliphatic heterocycles. The predicted octanol–water partition coefficient (Wildman–Crippen LogP) is 0.670. The third kappa shape index (κ3) is 2.10. The van der Waals surface area contributed by atoms with E-state index < -0.39 is 0 Å². The quantitative estimate of drug-likeness (QED) is 0.690. The first-order chi connectivity index (χ1) is 6.66. The van der Waals surface area contributed by atoms with Crippen LogP contribution in [0, 0.1) is 25.2 Å². The Hall–Kier alpha value is -1.83. The van der Waals surface area contributed by atoms with Crippen molar-refractivity contribution in [2.24, 2.45) is 0 Å². The summed E-state index contributed by atoms with van der Waals surface area (Å²) >= 11 is 0. The Kier molecular flexibility index (Phi) is 3.24. The highest BCUT2D eigenvalue weighted by molar-refractivity contribution is 5.96. The zero-order valence-corrected chi connectivity index (χ0v) is 8.22. The van der Waals surface area contributed by atoms with E-state index in [4.69, 9.17) is 5.26 Å². The highest BCUT2D eigenvalue weighted by Crippen LogP contribution is 2.08. The number of nitrogens with one attached hydrogen (secondary N) is 2. The maximum Gasteiger partial charge on any atom is 0.255 e. The number of nitriles is 1. The van der Waals surface area contributed by atoms with Gasteiger partial charge in [0.25, 0.3) is 5.91 Å². The topological polar surface area (TPSA) is 81.6 Å². The van der Waals surface area contributed by atoms with E-state index in [1.54, 1.807) is 13.8 Å². The summed E-state index contributed by atoms with van der Waals surface area (Å²) in [5, 5.41) is 17.6. The lowest BCUT2D eigenvalue weighted by Gasteiger charge is -2.01. The first-order valence-corrected chi connectivity index (χ1v) is 4.33. The average molecular weight is 192 g/mol. The standard InChI is InChI=1S/C9H12N4O/c1-6-8(7(2)13-12-6)9(14)11-5-3-4-10/h3,5H2,1-2H3,(H,11,14)(H,12,13). The summed E-state index contributed by atoms with van der Waals surface area (Å²) in [6.07, 6.45) is 0.321. The van der Waals surface area contributed by atoms with E-state index in [0.29, 0.717) is 24.2 Å². The Labute approximate surface area is 82.1 Å². The lowest BCUT2D eigenvalue weighted by Crippen LogP contribution is -2.25. The highest BCUT2D eigenvalue weighted by Gasteiger charge is 2.13. The molecule has 0 radical (unpaired) electrons. The summed E-state index contributed by atoms with van der Waals surface area (Å²) in [5.74, 6) is -0.177. The molecule has 0 saturated carbocycles. The minimum absolute atomic E-state index is 0.177. The molecule has 2 N–H and O–H groups in total. The fourth-order valence-electron chi connectivity index (χ4n) is 1.21. The van der Waals surface area contributed by atoms with Crippen LogP contribution in [0.1, 0.15) is 28.2 Å². The normalized spacial score (nSPS) is 9.50. The van der Waals surface area contributed by atoms with Gasteiger partial charge in [-0.25, -0.2) is 0 Å². The predicted molar refractivity (Wildman–Crippen MR) is 50.6 cm³/mol. The lowest BCUT2D eigenvalue weighted by molar-refractivity contribution is 0.0953. The van der Waals surface area contributed by atoms with E-state index in [-0.39, 0.29) is 5.91 Å². The molecule has 0 unspecified atom stereocenters. The number of carbonyl (C=O) groups is 1. The van der Waals surface area contributed by atoms with Crippen LogP contribution in [0.5, 0.6) is 0 Å². The van der Waals surface area contributed by atoms with Gasteiger partial charge in [0, 0.05) is 12.2 Å². The Bertz CT molecular complexity index is 355. The molecule has 1 rings (SSSR count). The van der Waals surface area contributed by atoms with Gasteiger partial charge in [-0.05, 0) is 13.8 Å². The molecule has 1 heterocycles. The Morgan fingerprint density at radius 1 is 1.64 bits per heavy atom. The Balaban J connectivity index is 2.66. The molecular weight excluding hydrogens is 180 g/mol. The van der Waals surface area contributed by atoms with Gasteiger partial charge in [0.15, 0.2) is 0 Å². The van der Waals surface area contributed by atoms with Crippen LogP contribution in [-0.2, 0) is 0 Å². The molecule has 0 aliphatic carbocycles. The molecule has 0 spiro atoms. The van der Waals surface area contributed by atoms with Crippen LogP contribution in [-0.4, -0.2) is 22.6 Å². The average Bonchev–Trinajstić information content (AvgIpc) is 2.46. The van der Waals surface area contributed by atoms with E-state index in [1.807, 2.05) is 6.07 Å². The number of amides is 1. The van der Waals surface area contributed by atoms with Crippen LogP contribution in [0.25, 0.3) is 0 Å². The van der Waals surface area contributed by atoms with Crippen molar-refractivity contribution in [1.82, 2.24) is 15.5 Å². The number of H-pyrrole nitrogens is 1. The van der Waals surface area contributed by atoms with Gasteiger partial charge in [-0.15, -0.1) is 0 Å². The molecule has 0 aliphatic rings. The number of carbonyl (C=O) groups excluding carboxylic acids is 1. The van der Waals surface area contributed by atoms with Gasteiger partial charge in [-0.3, -0.25) is 9.89 Å². The zero-order chi connectivity index (χ0) is 10.6. The third-order valence-electron chi connectivity index (χ3n) is 1.88. The molecular formula is C9H12N4O. The van der Waals surface area contributed by atoms with Crippen LogP contribution in [0.2, 0.25) is 0 Å². The molecule has 0 aromatic carbocycles. The molecule has 1 aromatic heterocycles. The molecule has 0 fully saturated rings. The van der Waals surface area contributed by atoms with Gasteiger partial charge >= 0.3 is 0 Å². The first kappa shape index (κ1) is 10.3. The monoisotopic (exact) mass is 192 g/mol. The molecule has 74 valence electrons. The summed E-state index contributed by atoms with van der Waals surface area (Å²) in [5.41, 5.74) is 2.00. The van der Waals surface area contributed by atoms with Crippen LogP contribution in [0.3, 0.4) is 0 Å². The summed E-state index contributed by atoms with van der Waals surface area (Å²) in [7, 11) is 0. The number of nitrogens with zero attached hydrogens (tertiary/aromatic N) is 2. The maximum atomic E-state index is 11.5. The van der Waals surface area contributed by atoms with Gasteiger partial charge in [0.05, 0.1) is 23.7 Å². The molecule has 0 bridgehead atoms. The fourth-order valence-corrected chi connectivity index (χ4v) is 1.21. The van der Waals surface area contributed by atoms with E-state index in [2.05, 4.69) is 15.5 Å². The minimum Gasteiger partial charge on any atom is -0.351 e. The van der Waals surface area contributed by atoms with Crippen molar-refractivity contribution in [2.75, 3.05) is 6.54 Å². The molecule has 1 amide bonds. The summed E-state index contributed by atoms with van der Waals surface area (Å²) in [6, 6.07) is 1.96. The molecule has 14 heavy (non-hydrogen) atoms. The number of aryl methyl sites for hydroxylation is 2. The van der Waals surface area contributed by atoms with Crippen molar-refractivity contribution in [1.29, 1.82) is 5.26 Å². The Morgan fingerprint density at radius 2 is 2.36 bits per heavy atom. The smallest absolute Gasteiger partial charge is 0.255 e. The van der Waals surface area contributed by atoms with Gasteiger partial charge in [-0.2, -0.15) is 10.4 Å².